The molecule has 0 aliphatic rings. The maximum atomic E-state index is 9.91. The van der Waals surface area contributed by atoms with Gasteiger partial charge in [0.1, 0.15) is 0 Å². The quantitative estimate of drug-likeness (QED) is 0.655. The zero-order valence-electron chi connectivity index (χ0n) is 9.42. The molecule has 0 aromatic heterocycles. The Morgan fingerprint density at radius 3 is 2.31 bits per heavy atom. The molecular weight excluding hydrogens is 166 g/mol. The maximum Gasteiger partial charge on any atom is 0.0766 e. The summed E-state index contributed by atoms with van der Waals surface area (Å²) in [4.78, 5) is 0. The van der Waals surface area contributed by atoms with E-state index >= 15 is 0 Å². The number of rotatable bonds is 6. The summed E-state index contributed by atoms with van der Waals surface area (Å²) in [6.45, 7) is 9.21. The molecule has 13 heavy (non-hydrogen) atoms. The molecule has 2 N–H and O–H groups in total. The highest BCUT2D eigenvalue weighted by Crippen LogP contribution is 2.14. The highest BCUT2D eigenvalue weighted by atomic mass is 16.5. The molecular formula is C10H23NO2. The molecule has 2 atom stereocenters. The summed E-state index contributed by atoms with van der Waals surface area (Å²) >= 11 is 0. The summed E-state index contributed by atoms with van der Waals surface area (Å²) < 4.78 is 4.99. The molecule has 0 aromatic rings. The van der Waals surface area contributed by atoms with E-state index in [2.05, 4.69) is 5.32 Å². The Kier molecular flexibility index (Phi) is 5.53. The lowest BCUT2D eigenvalue weighted by Crippen LogP contribution is -2.46. The van der Waals surface area contributed by atoms with E-state index in [-0.39, 0.29) is 12.0 Å². The second-order valence-electron chi connectivity index (χ2n) is 4.25. The van der Waals surface area contributed by atoms with Crippen molar-refractivity contribution >= 4 is 0 Å². The Morgan fingerprint density at radius 2 is 1.92 bits per heavy atom. The van der Waals surface area contributed by atoms with Crippen LogP contribution in [0.15, 0.2) is 0 Å². The first-order chi connectivity index (χ1) is 5.90. The lowest BCUT2D eigenvalue weighted by molar-refractivity contribution is 0.00978. The first kappa shape index (κ1) is 12.9. The first-order valence-corrected chi connectivity index (χ1v) is 4.85. The first-order valence-electron chi connectivity index (χ1n) is 4.85. The second-order valence-corrected chi connectivity index (χ2v) is 4.25. The predicted octanol–water partition coefficient (Wildman–Crippen LogP) is 1.02. The number of nitrogens with one attached hydrogen (secondary N) is 1. The Hall–Kier alpha value is -0.120. The van der Waals surface area contributed by atoms with Crippen molar-refractivity contribution < 1.29 is 9.84 Å². The van der Waals surface area contributed by atoms with Crippen molar-refractivity contribution in [3.63, 3.8) is 0 Å². The Morgan fingerprint density at radius 1 is 1.38 bits per heavy atom. The fourth-order valence-corrected chi connectivity index (χ4v) is 0.894. The topological polar surface area (TPSA) is 41.5 Å². The van der Waals surface area contributed by atoms with Gasteiger partial charge in [-0.25, -0.2) is 0 Å². The fourth-order valence-electron chi connectivity index (χ4n) is 0.894. The molecule has 0 amide bonds. The molecule has 0 spiro atoms. The van der Waals surface area contributed by atoms with Crippen LogP contribution >= 0.6 is 0 Å². The van der Waals surface area contributed by atoms with Crippen molar-refractivity contribution in [2.45, 2.75) is 39.3 Å². The number of methoxy groups -OCH3 is 1. The largest absolute Gasteiger partial charge is 0.389 e. The van der Waals surface area contributed by atoms with Crippen LogP contribution in [-0.2, 0) is 4.74 Å². The summed E-state index contributed by atoms with van der Waals surface area (Å²) in [7, 11) is 1.68. The normalized spacial score (nSPS) is 18.7. The van der Waals surface area contributed by atoms with E-state index in [1.54, 1.807) is 7.11 Å². The highest BCUT2D eigenvalue weighted by molar-refractivity contribution is 4.80. The number of ether oxygens (including phenoxy) is 1. The van der Waals surface area contributed by atoms with E-state index in [9.17, 15) is 5.11 Å². The summed E-state index contributed by atoms with van der Waals surface area (Å²) in [6, 6.07) is 0.287. The molecule has 0 aliphatic carbocycles. The van der Waals surface area contributed by atoms with E-state index in [4.69, 9.17) is 4.74 Å². The Labute approximate surface area is 81.5 Å². The third kappa shape index (κ3) is 5.24. The second kappa shape index (κ2) is 5.58. The van der Waals surface area contributed by atoms with Crippen molar-refractivity contribution in [1.82, 2.24) is 5.32 Å². The van der Waals surface area contributed by atoms with Crippen LogP contribution in [-0.4, -0.2) is 37.0 Å². The van der Waals surface area contributed by atoms with Gasteiger partial charge in [-0.15, -0.1) is 0 Å². The third-order valence-corrected chi connectivity index (χ3v) is 2.47. The lowest BCUT2D eigenvalue weighted by Gasteiger charge is -2.29. The van der Waals surface area contributed by atoms with Crippen LogP contribution in [0.5, 0.6) is 0 Å². The summed E-state index contributed by atoms with van der Waals surface area (Å²) in [6.07, 6.45) is 0. The molecule has 2 unspecified atom stereocenters. The lowest BCUT2D eigenvalue weighted by atomic mass is 9.92. The molecule has 0 aromatic carbocycles. The van der Waals surface area contributed by atoms with Crippen molar-refractivity contribution in [2.24, 2.45) is 5.92 Å². The Bertz CT molecular complexity index is 135. The summed E-state index contributed by atoms with van der Waals surface area (Å²) in [5.41, 5.74) is -0.637. The third-order valence-electron chi connectivity index (χ3n) is 2.47. The van der Waals surface area contributed by atoms with Gasteiger partial charge in [0.2, 0.25) is 0 Å². The number of aliphatic hydroxyl groups is 1. The van der Waals surface area contributed by atoms with Gasteiger partial charge in [0.05, 0.1) is 12.2 Å². The van der Waals surface area contributed by atoms with E-state index in [0.29, 0.717) is 13.2 Å². The van der Waals surface area contributed by atoms with Crippen LogP contribution in [0, 0.1) is 5.92 Å². The molecule has 0 rings (SSSR count). The molecule has 3 heteroatoms. The SMILES string of the molecule is COCC(C)NCC(C)(O)C(C)C. The van der Waals surface area contributed by atoms with Gasteiger partial charge in [0, 0.05) is 19.7 Å². The summed E-state index contributed by atoms with van der Waals surface area (Å²) in [5.74, 6) is 0.259. The van der Waals surface area contributed by atoms with Crippen molar-refractivity contribution in [1.29, 1.82) is 0 Å². The van der Waals surface area contributed by atoms with Gasteiger partial charge in [0.15, 0.2) is 0 Å². The van der Waals surface area contributed by atoms with Crippen LogP contribution < -0.4 is 5.32 Å². The molecule has 0 saturated carbocycles. The maximum absolute atomic E-state index is 9.91. The summed E-state index contributed by atoms with van der Waals surface area (Å²) in [5, 5.41) is 13.1. The number of hydrogen-bond acceptors (Lipinski definition) is 3. The van der Waals surface area contributed by atoms with Gasteiger partial charge >= 0.3 is 0 Å². The van der Waals surface area contributed by atoms with Gasteiger partial charge in [-0.1, -0.05) is 13.8 Å². The molecule has 0 aliphatic heterocycles. The van der Waals surface area contributed by atoms with Crippen LogP contribution in [0.1, 0.15) is 27.7 Å². The zero-order chi connectivity index (χ0) is 10.5. The van der Waals surface area contributed by atoms with E-state index < -0.39 is 5.60 Å². The molecule has 0 saturated heterocycles. The average molecular weight is 189 g/mol. The van der Waals surface area contributed by atoms with E-state index in [1.165, 1.54) is 0 Å². The van der Waals surface area contributed by atoms with E-state index in [0.717, 1.165) is 0 Å². The van der Waals surface area contributed by atoms with Gasteiger partial charge in [-0.2, -0.15) is 0 Å². The Balaban J connectivity index is 3.74. The monoisotopic (exact) mass is 189 g/mol. The molecule has 0 bridgehead atoms. The average Bonchev–Trinajstić information content (AvgIpc) is 2.01. The smallest absolute Gasteiger partial charge is 0.0766 e. The molecule has 0 fully saturated rings. The van der Waals surface area contributed by atoms with Crippen LogP contribution in [0.2, 0.25) is 0 Å². The van der Waals surface area contributed by atoms with E-state index in [1.807, 2.05) is 27.7 Å². The van der Waals surface area contributed by atoms with Gasteiger partial charge in [-0.05, 0) is 19.8 Å². The fraction of sp³-hybridized carbons (Fsp3) is 1.00. The van der Waals surface area contributed by atoms with Crippen LogP contribution in [0.25, 0.3) is 0 Å². The van der Waals surface area contributed by atoms with Gasteiger partial charge in [-0.3, -0.25) is 0 Å². The van der Waals surface area contributed by atoms with Crippen molar-refractivity contribution in [2.75, 3.05) is 20.3 Å². The van der Waals surface area contributed by atoms with Crippen molar-refractivity contribution in [3.8, 4) is 0 Å². The zero-order valence-corrected chi connectivity index (χ0v) is 9.42. The predicted molar refractivity (Wildman–Crippen MR) is 54.8 cm³/mol. The molecule has 80 valence electrons. The molecule has 3 nitrogen and oxygen atoms in total. The van der Waals surface area contributed by atoms with Gasteiger partial charge < -0.3 is 15.2 Å². The standard InChI is InChI=1S/C10H23NO2/c1-8(2)10(4,12)7-11-9(3)6-13-5/h8-9,11-12H,6-7H2,1-5H3. The van der Waals surface area contributed by atoms with Crippen molar-refractivity contribution in [3.05, 3.63) is 0 Å². The molecule has 0 radical (unpaired) electrons. The van der Waals surface area contributed by atoms with Crippen LogP contribution in [0.4, 0.5) is 0 Å². The minimum Gasteiger partial charge on any atom is -0.389 e. The van der Waals surface area contributed by atoms with Gasteiger partial charge in [0.25, 0.3) is 0 Å². The highest BCUT2D eigenvalue weighted by Gasteiger charge is 2.24. The number of hydrogen-bond donors (Lipinski definition) is 2. The molecule has 0 heterocycles. The minimum atomic E-state index is -0.637. The van der Waals surface area contributed by atoms with Crippen LogP contribution in [0.3, 0.4) is 0 Å². The minimum absolute atomic E-state index is 0.259.